The third kappa shape index (κ3) is 4.01. The van der Waals surface area contributed by atoms with Gasteiger partial charge in [0, 0.05) is 11.1 Å². The lowest BCUT2D eigenvalue weighted by atomic mass is 9.73. The van der Waals surface area contributed by atoms with Crippen molar-refractivity contribution in [2.45, 2.75) is 63.3 Å². The molecular weight excluding hydrogens is 373 g/mol. The number of carbonyl (C=O) groups is 2. The maximum absolute atomic E-state index is 13.5. The van der Waals surface area contributed by atoms with E-state index < -0.39 is 46.5 Å². The van der Waals surface area contributed by atoms with Crippen molar-refractivity contribution in [2.24, 2.45) is 5.92 Å². The number of halogens is 3. The Hall–Kier alpha value is -1.68. The van der Waals surface area contributed by atoms with Gasteiger partial charge in [0.1, 0.15) is 5.01 Å². The monoisotopic (exact) mass is 394 g/mol. The van der Waals surface area contributed by atoms with Gasteiger partial charge >= 0.3 is 12.1 Å². The number of aromatic nitrogens is 1. The van der Waals surface area contributed by atoms with Gasteiger partial charge in [-0.15, -0.1) is 11.3 Å². The van der Waals surface area contributed by atoms with Gasteiger partial charge in [-0.25, -0.2) is 4.98 Å². The molecule has 0 aromatic carbocycles. The van der Waals surface area contributed by atoms with Crippen LogP contribution in [-0.2, 0) is 15.2 Å². The molecule has 2 rings (SSSR count). The molecule has 1 saturated carbocycles. The van der Waals surface area contributed by atoms with Crippen molar-refractivity contribution < 1.29 is 33.0 Å². The molecule has 0 radical (unpaired) electrons. The summed E-state index contributed by atoms with van der Waals surface area (Å²) >= 11 is 0.621. The number of nitrogens with one attached hydrogen (secondary N) is 1. The highest BCUT2D eigenvalue weighted by Gasteiger charge is 2.58. The lowest BCUT2D eigenvalue weighted by molar-refractivity contribution is -0.267. The average Bonchev–Trinajstić information content (AvgIpc) is 2.92. The van der Waals surface area contributed by atoms with E-state index in [1.165, 1.54) is 19.2 Å². The summed E-state index contributed by atoms with van der Waals surface area (Å²) in [5.41, 5.74) is -4.27. The van der Waals surface area contributed by atoms with Crippen LogP contribution in [0.3, 0.4) is 0 Å². The van der Waals surface area contributed by atoms with E-state index in [1.807, 2.05) is 0 Å². The number of alkyl halides is 3. The molecule has 3 N–H and O–H groups in total. The summed E-state index contributed by atoms with van der Waals surface area (Å²) in [6.45, 7) is 3.00. The van der Waals surface area contributed by atoms with Crippen LogP contribution in [0.5, 0.6) is 0 Å². The van der Waals surface area contributed by atoms with Crippen molar-refractivity contribution in [1.29, 1.82) is 0 Å². The number of thiazole rings is 1. The number of rotatable bonds is 5. The zero-order valence-corrected chi connectivity index (χ0v) is 15.2. The Morgan fingerprint density at radius 1 is 1.42 bits per heavy atom. The number of aryl methyl sites for hydroxylation is 1. The van der Waals surface area contributed by atoms with Crippen LogP contribution < -0.4 is 5.32 Å². The Bertz CT molecular complexity index is 693. The average molecular weight is 394 g/mol. The number of aliphatic carboxylic acids is 1. The predicted molar refractivity (Wildman–Crippen MR) is 87.6 cm³/mol. The SMILES string of the molecule is Cc1csc(C(O)(CC(=O)NC2(C)CCCCC2C(=O)O)C(F)(F)F)n1. The van der Waals surface area contributed by atoms with Gasteiger partial charge in [-0.1, -0.05) is 12.8 Å². The molecule has 10 heteroatoms. The Balaban J connectivity index is 2.24. The quantitative estimate of drug-likeness (QED) is 0.713. The van der Waals surface area contributed by atoms with Gasteiger partial charge in [0.2, 0.25) is 11.5 Å². The van der Waals surface area contributed by atoms with Crippen molar-refractivity contribution >= 4 is 23.2 Å². The summed E-state index contributed by atoms with van der Waals surface area (Å²) in [5.74, 6) is -3.05. The minimum atomic E-state index is -5.10. The van der Waals surface area contributed by atoms with Gasteiger partial charge < -0.3 is 15.5 Å². The summed E-state index contributed by atoms with van der Waals surface area (Å²) in [6, 6.07) is 0. The number of carboxylic acid groups (broad SMARTS) is 1. The highest BCUT2D eigenvalue weighted by Crippen LogP contribution is 2.43. The molecule has 1 aromatic heterocycles. The van der Waals surface area contributed by atoms with Gasteiger partial charge in [-0.05, 0) is 26.7 Å². The lowest BCUT2D eigenvalue weighted by Crippen LogP contribution is -2.57. The Morgan fingerprint density at radius 2 is 2.08 bits per heavy atom. The summed E-state index contributed by atoms with van der Waals surface area (Å²) in [6.07, 6.45) is -4.36. The lowest BCUT2D eigenvalue weighted by Gasteiger charge is -2.40. The fourth-order valence-electron chi connectivity index (χ4n) is 3.32. The normalized spacial score (nSPS) is 26.2. The van der Waals surface area contributed by atoms with Crippen molar-refractivity contribution in [2.75, 3.05) is 0 Å². The highest BCUT2D eigenvalue weighted by molar-refractivity contribution is 7.09. The number of nitrogens with zero attached hydrogens (tertiary/aromatic N) is 1. The highest BCUT2D eigenvalue weighted by atomic mass is 32.1. The predicted octanol–water partition coefficient (Wildman–Crippen LogP) is 2.74. The van der Waals surface area contributed by atoms with E-state index in [2.05, 4.69) is 10.3 Å². The molecule has 0 saturated heterocycles. The number of amides is 1. The number of aliphatic hydroxyl groups is 1. The first-order valence-corrected chi connectivity index (χ1v) is 9.02. The van der Waals surface area contributed by atoms with Crippen LogP contribution in [0, 0.1) is 12.8 Å². The molecule has 3 unspecified atom stereocenters. The van der Waals surface area contributed by atoms with Crippen LogP contribution in [0.25, 0.3) is 0 Å². The van der Waals surface area contributed by atoms with Gasteiger partial charge in [0.25, 0.3) is 0 Å². The van der Waals surface area contributed by atoms with E-state index in [9.17, 15) is 33.0 Å². The molecule has 1 fully saturated rings. The fourth-order valence-corrected chi connectivity index (χ4v) is 4.23. The molecule has 1 aliphatic rings. The van der Waals surface area contributed by atoms with Crippen LogP contribution in [-0.4, -0.2) is 38.8 Å². The number of carboxylic acids is 1. The van der Waals surface area contributed by atoms with Crippen molar-refractivity contribution in [3.63, 3.8) is 0 Å². The Kier molecular flexibility index (Phi) is 5.67. The van der Waals surface area contributed by atoms with Gasteiger partial charge in [-0.3, -0.25) is 9.59 Å². The van der Waals surface area contributed by atoms with Crippen molar-refractivity contribution in [1.82, 2.24) is 10.3 Å². The van der Waals surface area contributed by atoms with E-state index in [-0.39, 0.29) is 0 Å². The molecule has 1 aliphatic carbocycles. The molecule has 6 nitrogen and oxygen atoms in total. The maximum Gasteiger partial charge on any atom is 0.424 e. The molecule has 26 heavy (non-hydrogen) atoms. The molecule has 0 bridgehead atoms. The Morgan fingerprint density at radius 3 is 2.58 bits per heavy atom. The molecule has 0 spiro atoms. The van der Waals surface area contributed by atoms with Crippen LogP contribution in [0.2, 0.25) is 0 Å². The smallest absolute Gasteiger partial charge is 0.424 e. The molecule has 146 valence electrons. The molecule has 3 atom stereocenters. The minimum Gasteiger partial charge on any atom is -0.481 e. The summed E-state index contributed by atoms with van der Waals surface area (Å²) in [4.78, 5) is 27.5. The van der Waals surface area contributed by atoms with E-state index >= 15 is 0 Å². The van der Waals surface area contributed by atoms with Gasteiger partial charge in [-0.2, -0.15) is 13.2 Å². The van der Waals surface area contributed by atoms with Crippen molar-refractivity contribution in [3.8, 4) is 0 Å². The molecule has 1 amide bonds. The maximum atomic E-state index is 13.5. The number of hydrogen-bond donors (Lipinski definition) is 3. The van der Waals surface area contributed by atoms with Crippen LogP contribution in [0.1, 0.15) is 49.7 Å². The first kappa shape index (κ1) is 20.6. The van der Waals surface area contributed by atoms with Gasteiger partial charge in [0.05, 0.1) is 17.9 Å². The Labute approximate surface area is 152 Å². The van der Waals surface area contributed by atoms with E-state index in [0.717, 1.165) is 0 Å². The largest absolute Gasteiger partial charge is 0.481 e. The van der Waals surface area contributed by atoms with Crippen LogP contribution in [0.4, 0.5) is 13.2 Å². The van der Waals surface area contributed by atoms with Crippen LogP contribution in [0.15, 0.2) is 5.38 Å². The zero-order valence-electron chi connectivity index (χ0n) is 14.4. The molecule has 0 aliphatic heterocycles. The second kappa shape index (κ2) is 7.15. The van der Waals surface area contributed by atoms with E-state index in [4.69, 9.17) is 0 Å². The van der Waals surface area contributed by atoms with E-state index in [1.54, 1.807) is 0 Å². The third-order valence-corrected chi connectivity index (χ3v) is 5.90. The fraction of sp³-hybridized carbons (Fsp3) is 0.688. The topological polar surface area (TPSA) is 99.5 Å². The summed E-state index contributed by atoms with van der Waals surface area (Å²) < 4.78 is 40.4. The first-order valence-electron chi connectivity index (χ1n) is 8.14. The summed E-state index contributed by atoms with van der Waals surface area (Å²) in [5, 5.41) is 22.7. The van der Waals surface area contributed by atoms with E-state index in [0.29, 0.717) is 42.7 Å². The third-order valence-electron chi connectivity index (χ3n) is 4.79. The first-order chi connectivity index (χ1) is 11.9. The zero-order chi connectivity index (χ0) is 19.8. The standard InChI is InChI=1S/C16H21F3N2O4S/c1-9-8-26-13(20-9)15(25,16(17,18)19)7-11(22)21-14(2)6-4-3-5-10(14)12(23)24/h8,10,25H,3-7H2,1-2H3,(H,21,22)(H,23,24). The summed E-state index contributed by atoms with van der Waals surface area (Å²) in [7, 11) is 0. The molecular formula is C16H21F3N2O4S. The molecule has 1 heterocycles. The molecule has 1 aromatic rings. The van der Waals surface area contributed by atoms with Crippen LogP contribution >= 0.6 is 11.3 Å². The number of hydrogen-bond acceptors (Lipinski definition) is 5. The minimum absolute atomic E-state index is 0.304. The second-order valence-electron chi connectivity index (χ2n) is 6.93. The second-order valence-corrected chi connectivity index (χ2v) is 7.79. The van der Waals surface area contributed by atoms with Crippen molar-refractivity contribution in [3.05, 3.63) is 16.1 Å². The number of carbonyl (C=O) groups excluding carboxylic acids is 1. The van der Waals surface area contributed by atoms with Gasteiger partial charge in [0.15, 0.2) is 0 Å².